The lowest BCUT2D eigenvalue weighted by atomic mass is 9.97. The van der Waals surface area contributed by atoms with E-state index in [-0.39, 0.29) is 29.5 Å². The van der Waals surface area contributed by atoms with Crippen molar-refractivity contribution in [1.29, 1.82) is 0 Å². The Morgan fingerprint density at radius 3 is 2.39 bits per heavy atom. The molecule has 170 valence electrons. The number of rotatable bonds is 6. The molecule has 0 unspecified atom stereocenters. The maximum atomic E-state index is 13.3. The summed E-state index contributed by atoms with van der Waals surface area (Å²) in [7, 11) is -3.30. The van der Waals surface area contributed by atoms with Gasteiger partial charge in [-0.1, -0.05) is 36.2 Å². The molecule has 0 bridgehead atoms. The van der Waals surface area contributed by atoms with Crippen molar-refractivity contribution < 1.29 is 18.0 Å². The average molecular weight is 448 g/mol. The lowest BCUT2D eigenvalue weighted by Crippen LogP contribution is -2.52. The lowest BCUT2D eigenvalue weighted by molar-refractivity contribution is -0.142. The number of piperidine rings is 1. The second-order valence-electron chi connectivity index (χ2n) is 9.19. The summed E-state index contributed by atoms with van der Waals surface area (Å²) in [6.07, 6.45) is 5.25. The number of likely N-dealkylation sites (tertiary alicyclic amines) is 1. The molecule has 3 aliphatic rings. The summed E-state index contributed by atoms with van der Waals surface area (Å²) in [4.78, 5) is 27.8. The van der Waals surface area contributed by atoms with Crippen LogP contribution in [0, 0.1) is 12.8 Å². The highest BCUT2D eigenvalue weighted by Gasteiger charge is 2.42. The van der Waals surface area contributed by atoms with Gasteiger partial charge in [-0.3, -0.25) is 9.59 Å². The highest BCUT2D eigenvalue weighted by Crippen LogP contribution is 2.32. The molecule has 1 N–H and O–H groups in total. The quantitative estimate of drug-likeness (QED) is 0.724. The Labute approximate surface area is 185 Å². The van der Waals surface area contributed by atoms with E-state index in [2.05, 4.69) is 5.32 Å². The van der Waals surface area contributed by atoms with Crippen molar-refractivity contribution in [3.05, 3.63) is 35.4 Å². The molecule has 1 aliphatic carbocycles. The molecule has 0 radical (unpaired) electrons. The summed E-state index contributed by atoms with van der Waals surface area (Å²) in [6.45, 7) is 3.78. The van der Waals surface area contributed by atoms with Crippen LogP contribution in [0.4, 0.5) is 0 Å². The molecule has 2 amide bonds. The third-order valence-electron chi connectivity index (χ3n) is 6.99. The number of carbonyl (C=O) groups excluding carboxylic acids is 2. The largest absolute Gasteiger partial charge is 0.350 e. The first kappa shape index (κ1) is 22.3. The van der Waals surface area contributed by atoms with Crippen LogP contribution in [-0.2, 0) is 26.2 Å². The monoisotopic (exact) mass is 447 g/mol. The fraction of sp³-hybridized carbons (Fsp3) is 0.652. The van der Waals surface area contributed by atoms with Crippen molar-refractivity contribution in [2.24, 2.45) is 5.92 Å². The van der Waals surface area contributed by atoms with Crippen molar-refractivity contribution >= 4 is 21.8 Å². The molecule has 1 saturated carbocycles. The van der Waals surface area contributed by atoms with Crippen LogP contribution in [-0.4, -0.2) is 60.4 Å². The van der Waals surface area contributed by atoms with Gasteiger partial charge in [-0.25, -0.2) is 12.7 Å². The van der Waals surface area contributed by atoms with Gasteiger partial charge >= 0.3 is 0 Å². The first-order valence-electron chi connectivity index (χ1n) is 11.5. The molecule has 3 fully saturated rings. The molecule has 0 aromatic heterocycles. The number of amides is 2. The van der Waals surface area contributed by atoms with Crippen LogP contribution in [0.3, 0.4) is 0 Å². The van der Waals surface area contributed by atoms with Crippen molar-refractivity contribution in [3.8, 4) is 0 Å². The molecular weight excluding hydrogens is 414 g/mol. The number of nitrogens with one attached hydrogen (secondary N) is 1. The fourth-order valence-corrected chi connectivity index (χ4v) is 6.93. The van der Waals surface area contributed by atoms with Gasteiger partial charge in [0.05, 0.1) is 11.2 Å². The van der Waals surface area contributed by atoms with E-state index in [0.717, 1.165) is 31.2 Å². The Kier molecular flexibility index (Phi) is 6.67. The van der Waals surface area contributed by atoms with Crippen molar-refractivity contribution in [2.75, 3.05) is 19.6 Å². The predicted molar refractivity (Wildman–Crippen MR) is 119 cm³/mol. The van der Waals surface area contributed by atoms with Gasteiger partial charge in [0.15, 0.2) is 0 Å². The number of hydrogen-bond acceptors (Lipinski definition) is 4. The van der Waals surface area contributed by atoms with E-state index in [1.165, 1.54) is 9.87 Å². The van der Waals surface area contributed by atoms with Crippen molar-refractivity contribution in [2.45, 2.75) is 69.7 Å². The molecule has 8 heteroatoms. The van der Waals surface area contributed by atoms with Crippen LogP contribution in [0.15, 0.2) is 24.3 Å². The molecule has 7 nitrogen and oxygen atoms in total. The predicted octanol–water partition coefficient (Wildman–Crippen LogP) is 2.20. The second-order valence-corrected chi connectivity index (χ2v) is 11.4. The smallest absolute Gasteiger partial charge is 0.243 e. The summed E-state index contributed by atoms with van der Waals surface area (Å²) in [5.41, 5.74) is 2.20. The highest BCUT2D eigenvalue weighted by atomic mass is 32.2. The SMILES string of the molecule is Cc1ccc(CNC(=O)[C@H]2CCCN2C(=O)[C@@H]2CCCN(S(=O)(=O)C3CCC3)C2)cc1. The lowest BCUT2D eigenvalue weighted by Gasteiger charge is -2.38. The van der Waals surface area contributed by atoms with Gasteiger partial charge < -0.3 is 10.2 Å². The zero-order valence-electron chi connectivity index (χ0n) is 18.3. The van der Waals surface area contributed by atoms with Crippen LogP contribution in [0.5, 0.6) is 0 Å². The Bertz CT molecular complexity index is 911. The molecule has 31 heavy (non-hydrogen) atoms. The van der Waals surface area contributed by atoms with Gasteiger partial charge in [-0.15, -0.1) is 0 Å². The molecular formula is C23H33N3O4S. The molecule has 2 atom stereocenters. The topological polar surface area (TPSA) is 86.8 Å². The molecule has 0 spiro atoms. The first-order chi connectivity index (χ1) is 14.9. The van der Waals surface area contributed by atoms with E-state index in [0.29, 0.717) is 38.9 Å². The van der Waals surface area contributed by atoms with E-state index < -0.39 is 16.1 Å². The summed E-state index contributed by atoms with van der Waals surface area (Å²) in [5, 5.41) is 2.70. The van der Waals surface area contributed by atoms with Gasteiger partial charge in [-0.05, 0) is 51.0 Å². The number of carbonyl (C=O) groups is 2. The van der Waals surface area contributed by atoms with E-state index in [9.17, 15) is 18.0 Å². The summed E-state index contributed by atoms with van der Waals surface area (Å²) >= 11 is 0. The van der Waals surface area contributed by atoms with Crippen LogP contribution in [0.25, 0.3) is 0 Å². The summed E-state index contributed by atoms with van der Waals surface area (Å²) in [5.74, 6) is -0.545. The second kappa shape index (κ2) is 9.28. The number of aryl methyl sites for hydroxylation is 1. The number of nitrogens with zero attached hydrogens (tertiary/aromatic N) is 2. The Morgan fingerprint density at radius 1 is 1.00 bits per heavy atom. The molecule has 1 aromatic carbocycles. The Morgan fingerprint density at radius 2 is 1.71 bits per heavy atom. The van der Waals surface area contributed by atoms with Gasteiger partial charge in [0.2, 0.25) is 21.8 Å². The van der Waals surface area contributed by atoms with Crippen LogP contribution >= 0.6 is 0 Å². The summed E-state index contributed by atoms with van der Waals surface area (Å²) < 4.78 is 27.1. The third-order valence-corrected chi connectivity index (χ3v) is 9.36. The van der Waals surface area contributed by atoms with Crippen molar-refractivity contribution in [1.82, 2.24) is 14.5 Å². The number of sulfonamides is 1. The molecule has 1 aromatic rings. The van der Waals surface area contributed by atoms with E-state index in [1.807, 2.05) is 31.2 Å². The Balaban J connectivity index is 1.36. The van der Waals surface area contributed by atoms with E-state index in [1.54, 1.807) is 4.90 Å². The normalized spacial score (nSPS) is 25.3. The number of hydrogen-bond donors (Lipinski definition) is 1. The number of benzene rings is 1. The fourth-order valence-electron chi connectivity index (χ4n) is 4.81. The maximum Gasteiger partial charge on any atom is 0.243 e. The van der Waals surface area contributed by atoms with E-state index >= 15 is 0 Å². The minimum absolute atomic E-state index is 0.0681. The summed E-state index contributed by atoms with van der Waals surface area (Å²) in [6, 6.07) is 7.55. The zero-order chi connectivity index (χ0) is 22.0. The molecule has 2 aliphatic heterocycles. The van der Waals surface area contributed by atoms with Gasteiger partial charge in [0.1, 0.15) is 6.04 Å². The Hall–Kier alpha value is -1.93. The zero-order valence-corrected chi connectivity index (χ0v) is 19.1. The molecule has 2 heterocycles. The third kappa shape index (κ3) is 4.80. The average Bonchev–Trinajstić information content (AvgIpc) is 3.21. The van der Waals surface area contributed by atoms with Crippen LogP contribution in [0.2, 0.25) is 0 Å². The van der Waals surface area contributed by atoms with Crippen LogP contribution < -0.4 is 5.32 Å². The van der Waals surface area contributed by atoms with Gasteiger partial charge in [0, 0.05) is 26.2 Å². The van der Waals surface area contributed by atoms with Crippen molar-refractivity contribution in [3.63, 3.8) is 0 Å². The van der Waals surface area contributed by atoms with Gasteiger partial charge in [0.25, 0.3) is 0 Å². The molecule has 4 rings (SSSR count). The maximum absolute atomic E-state index is 13.3. The van der Waals surface area contributed by atoms with Crippen LogP contribution in [0.1, 0.15) is 56.1 Å². The highest BCUT2D eigenvalue weighted by molar-refractivity contribution is 7.89. The minimum Gasteiger partial charge on any atom is -0.350 e. The standard InChI is InChI=1S/C23H33N3O4S/c1-17-9-11-18(12-10-17)15-24-22(27)21-8-4-14-26(21)23(28)19-5-3-13-25(16-19)31(29,30)20-6-2-7-20/h9-12,19-21H,2-8,13-16H2,1H3,(H,24,27)/t19-,21-/m1/s1. The van der Waals surface area contributed by atoms with E-state index in [4.69, 9.17) is 0 Å². The molecule has 2 saturated heterocycles. The first-order valence-corrected chi connectivity index (χ1v) is 13.0. The minimum atomic E-state index is -3.30. The van der Waals surface area contributed by atoms with Gasteiger partial charge in [-0.2, -0.15) is 0 Å².